The molecule has 0 amide bonds. The van der Waals surface area contributed by atoms with Gasteiger partial charge in [-0.3, -0.25) is 4.90 Å². The van der Waals surface area contributed by atoms with Crippen LogP contribution in [0, 0.1) is 11.3 Å². The molecule has 3 rings (SSSR count). The van der Waals surface area contributed by atoms with Crippen LogP contribution >= 0.6 is 0 Å². The lowest BCUT2D eigenvalue weighted by Crippen LogP contribution is -2.25. The summed E-state index contributed by atoms with van der Waals surface area (Å²) in [5, 5.41) is 17.8. The molecular formula is C19H18N2O2. The molecule has 0 aliphatic heterocycles. The van der Waals surface area contributed by atoms with Crippen molar-refractivity contribution >= 4 is 5.97 Å². The van der Waals surface area contributed by atoms with E-state index in [2.05, 4.69) is 11.0 Å². The van der Waals surface area contributed by atoms with E-state index in [0.29, 0.717) is 17.2 Å². The molecule has 23 heavy (non-hydrogen) atoms. The van der Waals surface area contributed by atoms with E-state index in [1.807, 2.05) is 36.4 Å². The summed E-state index contributed by atoms with van der Waals surface area (Å²) in [5.41, 5.74) is 3.31. The molecule has 0 aromatic heterocycles. The highest BCUT2D eigenvalue weighted by Gasteiger charge is 2.28. The van der Waals surface area contributed by atoms with E-state index >= 15 is 0 Å². The second kappa shape index (κ2) is 6.64. The first-order chi connectivity index (χ1) is 11.2. The van der Waals surface area contributed by atoms with E-state index in [1.165, 1.54) is 18.4 Å². The van der Waals surface area contributed by atoms with Crippen molar-refractivity contribution in [3.05, 3.63) is 70.8 Å². The van der Waals surface area contributed by atoms with Crippen LogP contribution in [0.1, 0.15) is 39.9 Å². The normalized spacial score (nSPS) is 13.7. The summed E-state index contributed by atoms with van der Waals surface area (Å²) >= 11 is 0. The molecule has 1 saturated carbocycles. The summed E-state index contributed by atoms with van der Waals surface area (Å²) < 4.78 is 0. The van der Waals surface area contributed by atoms with E-state index in [0.717, 1.165) is 18.7 Å². The van der Waals surface area contributed by atoms with Crippen molar-refractivity contribution in [1.82, 2.24) is 4.90 Å². The third kappa shape index (κ3) is 3.97. The Morgan fingerprint density at radius 3 is 2.00 bits per heavy atom. The van der Waals surface area contributed by atoms with E-state index in [9.17, 15) is 4.79 Å². The molecule has 116 valence electrons. The van der Waals surface area contributed by atoms with E-state index in [4.69, 9.17) is 10.4 Å². The van der Waals surface area contributed by atoms with Gasteiger partial charge in [0.25, 0.3) is 0 Å². The fourth-order valence-electron chi connectivity index (χ4n) is 2.66. The predicted octanol–water partition coefficient (Wildman–Crippen LogP) is 3.42. The van der Waals surface area contributed by atoms with Gasteiger partial charge in [0.2, 0.25) is 0 Å². The van der Waals surface area contributed by atoms with Crippen LogP contribution < -0.4 is 0 Å². The third-order valence-electron chi connectivity index (χ3n) is 4.12. The minimum Gasteiger partial charge on any atom is -0.478 e. The van der Waals surface area contributed by atoms with E-state index in [1.54, 1.807) is 12.1 Å². The summed E-state index contributed by atoms with van der Waals surface area (Å²) in [4.78, 5) is 13.3. The summed E-state index contributed by atoms with van der Waals surface area (Å²) in [7, 11) is 0. The van der Waals surface area contributed by atoms with Crippen LogP contribution in [0.2, 0.25) is 0 Å². The number of hydrogen-bond acceptors (Lipinski definition) is 3. The topological polar surface area (TPSA) is 64.3 Å². The smallest absolute Gasteiger partial charge is 0.335 e. The van der Waals surface area contributed by atoms with Crippen molar-refractivity contribution < 1.29 is 9.90 Å². The maximum atomic E-state index is 10.9. The standard InChI is InChI=1S/C19H18N2O2/c20-11-14-1-3-15(4-2-14)12-21(18-9-10-18)13-16-5-7-17(8-6-16)19(22)23/h1-8,18H,9-10,12-13H2,(H,22,23). The zero-order valence-electron chi connectivity index (χ0n) is 12.8. The van der Waals surface area contributed by atoms with Crippen molar-refractivity contribution in [1.29, 1.82) is 5.26 Å². The molecule has 2 aromatic rings. The van der Waals surface area contributed by atoms with Crippen LogP contribution in [0.25, 0.3) is 0 Å². The molecule has 0 saturated heterocycles. The van der Waals surface area contributed by atoms with Crippen LogP contribution in [0.15, 0.2) is 48.5 Å². The van der Waals surface area contributed by atoms with Crippen molar-refractivity contribution in [3.63, 3.8) is 0 Å². The number of carboxylic acids is 1. The van der Waals surface area contributed by atoms with Gasteiger partial charge >= 0.3 is 5.97 Å². The van der Waals surface area contributed by atoms with Crippen molar-refractivity contribution in [2.45, 2.75) is 32.0 Å². The number of rotatable bonds is 6. The monoisotopic (exact) mass is 306 g/mol. The fourth-order valence-corrected chi connectivity index (χ4v) is 2.66. The number of nitrogens with zero attached hydrogens (tertiary/aromatic N) is 2. The predicted molar refractivity (Wildman–Crippen MR) is 86.8 cm³/mol. The summed E-state index contributed by atoms with van der Waals surface area (Å²) in [6.07, 6.45) is 2.42. The molecule has 1 aliphatic carbocycles. The molecule has 0 radical (unpaired) electrons. The van der Waals surface area contributed by atoms with Gasteiger partial charge < -0.3 is 5.11 Å². The molecule has 1 N–H and O–H groups in total. The molecule has 0 atom stereocenters. The Labute approximate surface area is 135 Å². The molecule has 0 unspecified atom stereocenters. The number of benzene rings is 2. The molecule has 2 aromatic carbocycles. The average Bonchev–Trinajstić information content (AvgIpc) is 3.40. The molecule has 1 fully saturated rings. The second-order valence-electron chi connectivity index (χ2n) is 5.95. The van der Waals surface area contributed by atoms with Crippen LogP contribution in [0.4, 0.5) is 0 Å². The first-order valence-corrected chi connectivity index (χ1v) is 7.71. The minimum absolute atomic E-state index is 0.318. The molecule has 4 nitrogen and oxygen atoms in total. The van der Waals surface area contributed by atoms with Crippen LogP contribution in [0.3, 0.4) is 0 Å². The zero-order chi connectivity index (χ0) is 16.2. The van der Waals surface area contributed by atoms with E-state index in [-0.39, 0.29) is 0 Å². The van der Waals surface area contributed by atoms with Gasteiger partial charge in [-0.15, -0.1) is 0 Å². The van der Waals surface area contributed by atoms with Gasteiger partial charge in [-0.1, -0.05) is 24.3 Å². The van der Waals surface area contributed by atoms with Gasteiger partial charge in [0.1, 0.15) is 0 Å². The lowest BCUT2D eigenvalue weighted by Gasteiger charge is -2.22. The van der Waals surface area contributed by atoms with Gasteiger partial charge in [-0.2, -0.15) is 5.26 Å². The molecule has 4 heteroatoms. The largest absolute Gasteiger partial charge is 0.478 e. The van der Waals surface area contributed by atoms with Crippen molar-refractivity contribution in [2.24, 2.45) is 0 Å². The first-order valence-electron chi connectivity index (χ1n) is 7.71. The van der Waals surface area contributed by atoms with E-state index < -0.39 is 5.97 Å². The molecule has 0 spiro atoms. The fraction of sp³-hybridized carbons (Fsp3) is 0.263. The summed E-state index contributed by atoms with van der Waals surface area (Å²) in [6, 6.07) is 17.5. The molecular weight excluding hydrogens is 288 g/mol. The summed E-state index contributed by atoms with van der Waals surface area (Å²) in [5.74, 6) is -0.895. The third-order valence-corrected chi connectivity index (χ3v) is 4.12. The maximum Gasteiger partial charge on any atom is 0.335 e. The molecule has 1 aliphatic rings. The van der Waals surface area contributed by atoms with Gasteiger partial charge in [-0.05, 0) is 48.2 Å². The number of carboxylic acid groups (broad SMARTS) is 1. The average molecular weight is 306 g/mol. The van der Waals surface area contributed by atoms with Gasteiger partial charge in [0.15, 0.2) is 0 Å². The second-order valence-corrected chi connectivity index (χ2v) is 5.95. The van der Waals surface area contributed by atoms with Crippen LogP contribution in [-0.4, -0.2) is 22.0 Å². The Kier molecular flexibility index (Phi) is 4.40. The number of carbonyl (C=O) groups is 1. The van der Waals surface area contributed by atoms with Gasteiger partial charge in [-0.25, -0.2) is 4.79 Å². The van der Waals surface area contributed by atoms with Crippen molar-refractivity contribution in [2.75, 3.05) is 0 Å². The van der Waals surface area contributed by atoms with Crippen LogP contribution in [-0.2, 0) is 13.1 Å². The Morgan fingerprint density at radius 2 is 1.57 bits per heavy atom. The lowest BCUT2D eigenvalue weighted by atomic mass is 10.1. The highest BCUT2D eigenvalue weighted by molar-refractivity contribution is 5.87. The molecule has 0 heterocycles. The Balaban J connectivity index is 1.69. The minimum atomic E-state index is -0.895. The number of hydrogen-bond donors (Lipinski definition) is 1. The lowest BCUT2D eigenvalue weighted by molar-refractivity contribution is 0.0697. The Hall–Kier alpha value is -2.64. The quantitative estimate of drug-likeness (QED) is 0.888. The Bertz CT molecular complexity index is 725. The van der Waals surface area contributed by atoms with Gasteiger partial charge in [0, 0.05) is 19.1 Å². The highest BCUT2D eigenvalue weighted by Crippen LogP contribution is 2.30. The van der Waals surface area contributed by atoms with Crippen molar-refractivity contribution in [3.8, 4) is 6.07 Å². The number of aromatic carboxylic acids is 1. The highest BCUT2D eigenvalue weighted by atomic mass is 16.4. The Morgan fingerprint density at radius 1 is 1.04 bits per heavy atom. The zero-order valence-corrected chi connectivity index (χ0v) is 12.8. The summed E-state index contributed by atoms with van der Waals surface area (Å²) in [6.45, 7) is 1.65. The first kappa shape index (κ1) is 15.3. The van der Waals surface area contributed by atoms with Gasteiger partial charge in [0.05, 0.1) is 17.2 Å². The van der Waals surface area contributed by atoms with Crippen LogP contribution in [0.5, 0.6) is 0 Å². The molecule has 0 bridgehead atoms. The number of nitriles is 1. The SMILES string of the molecule is N#Cc1ccc(CN(Cc2ccc(C(=O)O)cc2)C2CC2)cc1. The maximum absolute atomic E-state index is 10.9.